The topological polar surface area (TPSA) is 64.0 Å². The van der Waals surface area contributed by atoms with Gasteiger partial charge in [0.25, 0.3) is 10.0 Å². The van der Waals surface area contributed by atoms with Crippen molar-refractivity contribution >= 4 is 21.6 Å². The first-order valence-corrected chi connectivity index (χ1v) is 7.59. The highest BCUT2D eigenvalue weighted by molar-refractivity contribution is 7.89. The largest absolute Gasteiger partial charge is 0.258 e. The SMILES string of the molecule is Cn1nccc1S(=O)(=O)NC1(CCl)CCCC1. The Morgan fingerprint density at radius 1 is 1.53 bits per heavy atom. The van der Waals surface area contributed by atoms with Crippen molar-refractivity contribution in [2.45, 2.75) is 36.2 Å². The lowest BCUT2D eigenvalue weighted by Gasteiger charge is -2.27. The average molecular weight is 278 g/mol. The molecule has 96 valence electrons. The second-order valence-electron chi connectivity index (χ2n) is 4.52. The van der Waals surface area contributed by atoms with E-state index in [4.69, 9.17) is 11.6 Å². The predicted octanol–water partition coefficient (Wildman–Crippen LogP) is 1.25. The van der Waals surface area contributed by atoms with Gasteiger partial charge in [-0.25, -0.2) is 13.1 Å². The zero-order valence-electron chi connectivity index (χ0n) is 9.69. The Labute approximate surface area is 106 Å². The van der Waals surface area contributed by atoms with Gasteiger partial charge >= 0.3 is 0 Å². The summed E-state index contributed by atoms with van der Waals surface area (Å²) < 4.78 is 28.5. The summed E-state index contributed by atoms with van der Waals surface area (Å²) in [6, 6.07) is 1.49. The zero-order chi connectivity index (χ0) is 12.5. The quantitative estimate of drug-likeness (QED) is 0.843. The van der Waals surface area contributed by atoms with Gasteiger partial charge in [0.05, 0.1) is 6.20 Å². The van der Waals surface area contributed by atoms with E-state index >= 15 is 0 Å². The first-order chi connectivity index (χ1) is 7.99. The molecule has 0 radical (unpaired) electrons. The van der Waals surface area contributed by atoms with Crippen molar-refractivity contribution in [3.05, 3.63) is 12.3 Å². The van der Waals surface area contributed by atoms with Crippen LogP contribution >= 0.6 is 11.6 Å². The van der Waals surface area contributed by atoms with Crippen LogP contribution in [-0.2, 0) is 17.1 Å². The van der Waals surface area contributed by atoms with Gasteiger partial charge in [0, 0.05) is 18.5 Å². The van der Waals surface area contributed by atoms with Crippen molar-refractivity contribution in [1.29, 1.82) is 0 Å². The molecule has 0 aromatic carbocycles. The van der Waals surface area contributed by atoms with Crippen molar-refractivity contribution in [2.24, 2.45) is 7.05 Å². The fourth-order valence-electron chi connectivity index (χ4n) is 2.28. The minimum absolute atomic E-state index is 0.175. The number of nitrogens with one attached hydrogen (secondary N) is 1. The molecule has 2 rings (SSSR count). The Morgan fingerprint density at radius 2 is 2.18 bits per heavy atom. The van der Waals surface area contributed by atoms with Crippen LogP contribution in [0.15, 0.2) is 17.3 Å². The predicted molar refractivity (Wildman–Crippen MR) is 65.4 cm³/mol. The zero-order valence-corrected chi connectivity index (χ0v) is 11.3. The standard InChI is InChI=1S/C10H16ClN3O2S/c1-14-9(4-7-12-14)17(15,16)13-10(8-11)5-2-3-6-10/h4,7,13H,2-3,5-6,8H2,1H3. The fourth-order valence-corrected chi connectivity index (χ4v) is 4.28. The molecule has 0 saturated heterocycles. The third-order valence-corrected chi connectivity index (χ3v) is 5.38. The summed E-state index contributed by atoms with van der Waals surface area (Å²) >= 11 is 5.92. The summed E-state index contributed by atoms with van der Waals surface area (Å²) in [4.78, 5) is 0. The van der Waals surface area contributed by atoms with Crippen LogP contribution in [0.2, 0.25) is 0 Å². The van der Waals surface area contributed by atoms with E-state index in [0.717, 1.165) is 25.7 Å². The van der Waals surface area contributed by atoms with Crippen LogP contribution in [0.25, 0.3) is 0 Å². The van der Waals surface area contributed by atoms with Gasteiger partial charge in [-0.1, -0.05) is 12.8 Å². The second kappa shape index (κ2) is 4.59. The molecular weight excluding hydrogens is 262 g/mol. The van der Waals surface area contributed by atoms with Gasteiger partial charge in [-0.2, -0.15) is 5.10 Å². The van der Waals surface area contributed by atoms with Crippen molar-refractivity contribution in [2.75, 3.05) is 5.88 Å². The number of aryl methyl sites for hydroxylation is 1. The fraction of sp³-hybridized carbons (Fsp3) is 0.700. The number of halogens is 1. The van der Waals surface area contributed by atoms with Gasteiger partial charge in [0.2, 0.25) is 0 Å². The summed E-state index contributed by atoms with van der Waals surface area (Å²) in [6.45, 7) is 0. The number of aromatic nitrogens is 2. The molecule has 1 saturated carbocycles. The van der Waals surface area contributed by atoms with Crippen LogP contribution in [0.4, 0.5) is 0 Å². The summed E-state index contributed by atoms with van der Waals surface area (Å²) in [5.74, 6) is 0.310. The van der Waals surface area contributed by atoms with E-state index in [2.05, 4.69) is 9.82 Å². The first-order valence-electron chi connectivity index (χ1n) is 5.57. The molecule has 1 fully saturated rings. The van der Waals surface area contributed by atoms with Gasteiger partial charge in [-0.15, -0.1) is 11.6 Å². The molecule has 1 aliphatic rings. The molecule has 0 bridgehead atoms. The molecule has 0 atom stereocenters. The normalized spacial score (nSPS) is 19.6. The third-order valence-electron chi connectivity index (χ3n) is 3.22. The highest BCUT2D eigenvalue weighted by atomic mass is 35.5. The summed E-state index contributed by atoms with van der Waals surface area (Å²) in [5, 5.41) is 4.05. The van der Waals surface area contributed by atoms with Crippen LogP contribution in [0.3, 0.4) is 0 Å². The van der Waals surface area contributed by atoms with E-state index in [-0.39, 0.29) is 5.03 Å². The number of rotatable bonds is 4. The van der Waals surface area contributed by atoms with Gasteiger partial charge < -0.3 is 0 Å². The molecule has 1 N–H and O–H groups in total. The Balaban J connectivity index is 2.26. The minimum Gasteiger partial charge on any atom is -0.256 e. The Morgan fingerprint density at radius 3 is 2.65 bits per heavy atom. The van der Waals surface area contributed by atoms with Gasteiger partial charge in [-0.05, 0) is 18.9 Å². The summed E-state index contributed by atoms with van der Waals surface area (Å²) in [7, 11) is -1.93. The lowest BCUT2D eigenvalue weighted by Crippen LogP contribution is -2.48. The molecule has 1 aromatic heterocycles. The highest BCUT2D eigenvalue weighted by Crippen LogP contribution is 2.32. The molecule has 1 aromatic rings. The van der Waals surface area contributed by atoms with Crippen LogP contribution in [0.1, 0.15) is 25.7 Å². The highest BCUT2D eigenvalue weighted by Gasteiger charge is 2.38. The van der Waals surface area contributed by atoms with E-state index in [9.17, 15) is 8.42 Å². The lowest BCUT2D eigenvalue weighted by atomic mass is 10.0. The van der Waals surface area contributed by atoms with E-state index < -0.39 is 15.6 Å². The Hall–Kier alpha value is -0.590. The average Bonchev–Trinajstić information content (AvgIpc) is 2.87. The summed E-state index contributed by atoms with van der Waals surface area (Å²) in [6.07, 6.45) is 5.10. The van der Waals surface area contributed by atoms with Crippen molar-refractivity contribution in [1.82, 2.24) is 14.5 Å². The van der Waals surface area contributed by atoms with Gasteiger partial charge in [-0.3, -0.25) is 4.68 Å². The maximum atomic E-state index is 12.2. The number of hydrogen-bond donors (Lipinski definition) is 1. The van der Waals surface area contributed by atoms with E-state index in [1.54, 1.807) is 7.05 Å². The molecule has 5 nitrogen and oxygen atoms in total. The molecule has 0 amide bonds. The van der Waals surface area contributed by atoms with Crippen molar-refractivity contribution in [3.8, 4) is 0 Å². The number of sulfonamides is 1. The molecule has 1 aliphatic carbocycles. The first kappa shape index (κ1) is 12.9. The number of hydrogen-bond acceptors (Lipinski definition) is 3. The van der Waals surface area contributed by atoms with Gasteiger partial charge in [0.1, 0.15) is 0 Å². The molecule has 1 heterocycles. The molecule has 0 unspecified atom stereocenters. The van der Waals surface area contributed by atoms with E-state index in [0.29, 0.717) is 5.88 Å². The van der Waals surface area contributed by atoms with E-state index in [1.807, 2.05) is 0 Å². The molecule has 7 heteroatoms. The number of alkyl halides is 1. The lowest BCUT2D eigenvalue weighted by molar-refractivity contribution is 0.429. The van der Waals surface area contributed by atoms with Crippen LogP contribution < -0.4 is 4.72 Å². The molecule has 0 aliphatic heterocycles. The third kappa shape index (κ3) is 2.48. The van der Waals surface area contributed by atoms with Crippen molar-refractivity contribution < 1.29 is 8.42 Å². The summed E-state index contributed by atoms with van der Waals surface area (Å²) in [5.41, 5.74) is -0.481. The monoisotopic (exact) mass is 277 g/mol. The smallest absolute Gasteiger partial charge is 0.256 e. The minimum atomic E-state index is -3.54. The second-order valence-corrected chi connectivity index (χ2v) is 6.42. The Bertz CT molecular complexity index is 491. The number of nitrogens with zero attached hydrogens (tertiary/aromatic N) is 2. The maximum absolute atomic E-state index is 12.2. The van der Waals surface area contributed by atoms with Crippen LogP contribution in [-0.4, -0.2) is 29.6 Å². The van der Waals surface area contributed by atoms with Crippen molar-refractivity contribution in [3.63, 3.8) is 0 Å². The Kier molecular flexibility index (Phi) is 3.47. The molecular formula is C10H16ClN3O2S. The maximum Gasteiger partial charge on any atom is 0.258 e. The molecule has 0 spiro atoms. The van der Waals surface area contributed by atoms with E-state index in [1.165, 1.54) is 16.9 Å². The van der Waals surface area contributed by atoms with Gasteiger partial charge in [0.15, 0.2) is 5.03 Å². The van der Waals surface area contributed by atoms with Crippen LogP contribution in [0, 0.1) is 0 Å². The van der Waals surface area contributed by atoms with Crippen LogP contribution in [0.5, 0.6) is 0 Å². The molecule has 17 heavy (non-hydrogen) atoms.